The lowest BCUT2D eigenvalue weighted by Crippen LogP contribution is -2.47. The molecule has 1 aromatic heterocycles. The Morgan fingerprint density at radius 2 is 1.68 bits per heavy atom. The minimum absolute atomic E-state index is 0.0576. The van der Waals surface area contributed by atoms with Crippen LogP contribution in [0.5, 0.6) is 0 Å². The van der Waals surface area contributed by atoms with Crippen molar-refractivity contribution in [2.24, 2.45) is 0 Å². The molecule has 1 heterocycles. The summed E-state index contributed by atoms with van der Waals surface area (Å²) in [6.45, 7) is 5.47. The van der Waals surface area contributed by atoms with Crippen molar-refractivity contribution in [3.8, 4) is 0 Å². The van der Waals surface area contributed by atoms with Crippen molar-refractivity contribution >= 4 is 47.1 Å². The second kappa shape index (κ2) is 11.5. The van der Waals surface area contributed by atoms with Crippen molar-refractivity contribution in [1.82, 2.24) is 15.1 Å². The zero-order chi connectivity index (χ0) is 23.0. The quantitative estimate of drug-likeness (QED) is 0.345. The fraction of sp³-hybridized carbons (Fsp3) is 0.333. The first-order valence-corrected chi connectivity index (χ1v) is 10.3. The Morgan fingerprint density at radius 3 is 2.23 bits per heavy atom. The summed E-state index contributed by atoms with van der Waals surface area (Å²) >= 11 is 12.3. The number of esters is 2. The molecule has 2 aromatic rings. The molecule has 0 saturated heterocycles. The summed E-state index contributed by atoms with van der Waals surface area (Å²) in [6, 6.07) is 5.72. The third kappa shape index (κ3) is 6.83. The lowest BCUT2D eigenvalue weighted by molar-refractivity contribution is -0.159. The Balaban J connectivity index is 2.13. The maximum atomic E-state index is 12.3. The van der Waals surface area contributed by atoms with E-state index in [4.69, 9.17) is 32.7 Å². The molecular formula is C21H23Cl2N3O5. The van der Waals surface area contributed by atoms with Crippen LogP contribution in [-0.4, -0.2) is 46.9 Å². The number of aryl methyl sites for hydroxylation is 1. The molecule has 0 atom stereocenters. The van der Waals surface area contributed by atoms with E-state index in [0.717, 1.165) is 11.6 Å². The summed E-state index contributed by atoms with van der Waals surface area (Å²) < 4.78 is 11.2. The van der Waals surface area contributed by atoms with E-state index < -0.39 is 23.9 Å². The molecule has 2 rings (SSSR count). The monoisotopic (exact) mass is 467 g/mol. The highest BCUT2D eigenvalue weighted by molar-refractivity contribution is 6.31. The number of hydrogen-bond donors (Lipinski definition) is 1. The van der Waals surface area contributed by atoms with Crippen LogP contribution in [0.2, 0.25) is 10.2 Å². The van der Waals surface area contributed by atoms with Crippen LogP contribution in [0.3, 0.4) is 0 Å². The highest BCUT2D eigenvalue weighted by Crippen LogP contribution is 2.22. The molecule has 0 saturated carbocycles. The number of aromatic nitrogens is 2. The molecule has 0 aliphatic rings. The van der Waals surface area contributed by atoms with Gasteiger partial charge in [-0.2, -0.15) is 5.10 Å². The van der Waals surface area contributed by atoms with Crippen LogP contribution >= 0.6 is 23.2 Å². The first-order chi connectivity index (χ1) is 14.8. The normalized spacial score (nSPS) is 11.0. The van der Waals surface area contributed by atoms with E-state index in [1.54, 1.807) is 37.6 Å². The summed E-state index contributed by atoms with van der Waals surface area (Å²) in [5, 5.41) is 7.65. The van der Waals surface area contributed by atoms with E-state index in [0.29, 0.717) is 28.0 Å². The number of benzene rings is 1. The average Bonchev–Trinajstić information content (AvgIpc) is 2.99. The van der Waals surface area contributed by atoms with Crippen molar-refractivity contribution in [3.05, 3.63) is 57.3 Å². The Bertz CT molecular complexity index is 952. The van der Waals surface area contributed by atoms with E-state index >= 15 is 0 Å². The van der Waals surface area contributed by atoms with E-state index in [9.17, 15) is 14.4 Å². The number of ether oxygens (including phenoxy) is 2. The van der Waals surface area contributed by atoms with E-state index in [1.807, 2.05) is 12.1 Å². The number of carbonyl (C=O) groups is 3. The van der Waals surface area contributed by atoms with E-state index in [1.165, 1.54) is 6.08 Å². The van der Waals surface area contributed by atoms with Gasteiger partial charge in [-0.15, -0.1) is 0 Å². The average molecular weight is 468 g/mol. The minimum atomic E-state index is -1.55. The van der Waals surface area contributed by atoms with Gasteiger partial charge in [-0.05, 0) is 44.5 Å². The molecule has 0 aliphatic carbocycles. The van der Waals surface area contributed by atoms with Gasteiger partial charge in [0, 0.05) is 16.7 Å². The Labute approximate surface area is 190 Å². The molecule has 0 spiro atoms. The van der Waals surface area contributed by atoms with Gasteiger partial charge in [-0.25, -0.2) is 14.3 Å². The standard InChI is InChI=1S/C21H23Cl2N3O5/c1-4-30-20(28)18(21(29)31-5-2)24-17(27)11-10-16-13(3)25-26(19(16)23)12-14-6-8-15(22)9-7-14/h6-11,18H,4-5,12H2,1-3H3,(H,24,27)/b11-10+. The van der Waals surface area contributed by atoms with Crippen molar-refractivity contribution in [3.63, 3.8) is 0 Å². The van der Waals surface area contributed by atoms with Crippen molar-refractivity contribution in [2.75, 3.05) is 13.2 Å². The predicted octanol–water partition coefficient (Wildman–Crippen LogP) is 3.17. The van der Waals surface area contributed by atoms with Crippen molar-refractivity contribution < 1.29 is 23.9 Å². The van der Waals surface area contributed by atoms with Gasteiger partial charge in [-0.1, -0.05) is 35.3 Å². The fourth-order valence-corrected chi connectivity index (χ4v) is 3.06. The zero-order valence-electron chi connectivity index (χ0n) is 17.4. The highest BCUT2D eigenvalue weighted by atomic mass is 35.5. The van der Waals surface area contributed by atoms with Crippen LogP contribution in [0.25, 0.3) is 6.08 Å². The predicted molar refractivity (Wildman–Crippen MR) is 117 cm³/mol. The van der Waals surface area contributed by atoms with Gasteiger partial charge in [0.25, 0.3) is 0 Å². The molecule has 0 unspecified atom stereocenters. The van der Waals surface area contributed by atoms with Gasteiger partial charge in [0.2, 0.25) is 11.9 Å². The maximum absolute atomic E-state index is 12.3. The first kappa shape index (κ1) is 24.4. The molecule has 0 radical (unpaired) electrons. The number of carbonyl (C=O) groups excluding carboxylic acids is 3. The summed E-state index contributed by atoms with van der Waals surface area (Å²) in [7, 11) is 0. The third-order valence-electron chi connectivity index (χ3n) is 4.09. The number of hydrogen-bond acceptors (Lipinski definition) is 6. The van der Waals surface area contributed by atoms with Gasteiger partial charge in [0.1, 0.15) is 5.15 Å². The highest BCUT2D eigenvalue weighted by Gasteiger charge is 2.30. The molecule has 10 heteroatoms. The van der Waals surface area contributed by atoms with E-state index in [-0.39, 0.29) is 13.2 Å². The number of amides is 1. The summed E-state index contributed by atoms with van der Waals surface area (Å²) in [5.41, 5.74) is 2.10. The second-order valence-corrected chi connectivity index (χ2v) is 7.15. The lowest BCUT2D eigenvalue weighted by Gasteiger charge is -2.14. The molecule has 166 valence electrons. The molecule has 31 heavy (non-hydrogen) atoms. The van der Waals surface area contributed by atoms with Crippen LogP contribution in [0.1, 0.15) is 30.7 Å². The van der Waals surface area contributed by atoms with Crippen LogP contribution < -0.4 is 5.32 Å². The fourth-order valence-electron chi connectivity index (χ4n) is 2.64. The molecule has 1 aromatic carbocycles. The SMILES string of the molecule is CCOC(=O)C(NC(=O)/C=C/c1c(C)nn(Cc2ccc(Cl)cc2)c1Cl)C(=O)OCC. The lowest BCUT2D eigenvalue weighted by atomic mass is 10.2. The van der Waals surface area contributed by atoms with Crippen molar-refractivity contribution in [2.45, 2.75) is 33.4 Å². The Kier molecular flexibility index (Phi) is 9.08. The van der Waals surface area contributed by atoms with E-state index in [2.05, 4.69) is 10.4 Å². The molecule has 8 nitrogen and oxygen atoms in total. The van der Waals surface area contributed by atoms with Gasteiger partial charge in [-0.3, -0.25) is 4.79 Å². The Morgan fingerprint density at radius 1 is 1.10 bits per heavy atom. The van der Waals surface area contributed by atoms with Crippen LogP contribution in [0.15, 0.2) is 30.3 Å². The number of nitrogens with one attached hydrogen (secondary N) is 1. The van der Waals surface area contributed by atoms with Crippen LogP contribution in [-0.2, 0) is 30.4 Å². The van der Waals surface area contributed by atoms with Gasteiger partial charge in [0.05, 0.1) is 25.5 Å². The van der Waals surface area contributed by atoms with Crippen LogP contribution in [0, 0.1) is 6.92 Å². The molecule has 0 aliphatic heterocycles. The summed E-state index contributed by atoms with van der Waals surface area (Å²) in [4.78, 5) is 36.2. The zero-order valence-corrected chi connectivity index (χ0v) is 18.9. The van der Waals surface area contributed by atoms with Crippen molar-refractivity contribution in [1.29, 1.82) is 0 Å². The van der Waals surface area contributed by atoms with Gasteiger partial charge >= 0.3 is 11.9 Å². The molecule has 1 N–H and O–H groups in total. The summed E-state index contributed by atoms with van der Waals surface area (Å²) in [5.74, 6) is -2.48. The molecule has 0 fully saturated rings. The summed E-state index contributed by atoms with van der Waals surface area (Å²) in [6.07, 6.45) is 2.62. The smallest absolute Gasteiger partial charge is 0.340 e. The topological polar surface area (TPSA) is 99.5 Å². The minimum Gasteiger partial charge on any atom is -0.464 e. The first-order valence-electron chi connectivity index (χ1n) is 9.56. The van der Waals surface area contributed by atoms with Gasteiger partial charge < -0.3 is 14.8 Å². The largest absolute Gasteiger partial charge is 0.464 e. The number of nitrogens with zero attached hydrogens (tertiary/aromatic N) is 2. The maximum Gasteiger partial charge on any atom is 0.340 e. The molecule has 1 amide bonds. The number of rotatable bonds is 9. The molecular weight excluding hydrogens is 445 g/mol. The van der Waals surface area contributed by atoms with Gasteiger partial charge in [0.15, 0.2) is 0 Å². The second-order valence-electron chi connectivity index (χ2n) is 6.35. The number of halogens is 2. The molecule has 0 bridgehead atoms. The Hall–Kier alpha value is -2.84. The van der Waals surface area contributed by atoms with Crippen LogP contribution in [0.4, 0.5) is 0 Å². The third-order valence-corrected chi connectivity index (χ3v) is 4.74.